The normalized spacial score (nSPS) is 18.1. The SMILES string of the molecule is CNC(=O)c1ccc(Cl)c(NCC2CC=CCC2)c1. The van der Waals surface area contributed by atoms with Crippen molar-refractivity contribution in [2.75, 3.05) is 18.9 Å². The molecular formula is C15H19ClN2O. The number of amides is 1. The Bertz CT molecular complexity index is 485. The van der Waals surface area contributed by atoms with Crippen LogP contribution in [0.15, 0.2) is 30.4 Å². The van der Waals surface area contributed by atoms with Crippen LogP contribution in [0.3, 0.4) is 0 Å². The third kappa shape index (κ3) is 3.74. The summed E-state index contributed by atoms with van der Waals surface area (Å²) < 4.78 is 0. The number of allylic oxidation sites excluding steroid dienone is 2. The van der Waals surface area contributed by atoms with E-state index in [9.17, 15) is 4.79 Å². The van der Waals surface area contributed by atoms with Crippen LogP contribution < -0.4 is 10.6 Å². The minimum Gasteiger partial charge on any atom is -0.384 e. The van der Waals surface area contributed by atoms with Crippen molar-refractivity contribution in [1.82, 2.24) is 5.32 Å². The lowest BCUT2D eigenvalue weighted by molar-refractivity contribution is 0.0963. The van der Waals surface area contributed by atoms with Gasteiger partial charge in [-0.1, -0.05) is 23.8 Å². The Hall–Kier alpha value is -1.48. The zero-order chi connectivity index (χ0) is 13.7. The molecule has 3 nitrogen and oxygen atoms in total. The van der Waals surface area contributed by atoms with Crippen molar-refractivity contribution in [1.29, 1.82) is 0 Å². The van der Waals surface area contributed by atoms with Crippen LogP contribution >= 0.6 is 11.6 Å². The smallest absolute Gasteiger partial charge is 0.251 e. The summed E-state index contributed by atoms with van der Waals surface area (Å²) in [5.41, 5.74) is 1.45. The highest BCUT2D eigenvalue weighted by Gasteiger charge is 2.11. The van der Waals surface area contributed by atoms with E-state index in [1.165, 1.54) is 6.42 Å². The summed E-state index contributed by atoms with van der Waals surface area (Å²) >= 11 is 6.15. The predicted octanol–water partition coefficient (Wildman–Crippen LogP) is 3.47. The Balaban J connectivity index is 2.02. The Labute approximate surface area is 119 Å². The van der Waals surface area contributed by atoms with E-state index in [-0.39, 0.29) is 5.91 Å². The van der Waals surface area contributed by atoms with Crippen molar-refractivity contribution >= 4 is 23.2 Å². The second-order valence-corrected chi connectivity index (χ2v) is 5.21. The lowest BCUT2D eigenvalue weighted by Gasteiger charge is -2.19. The highest BCUT2D eigenvalue weighted by atomic mass is 35.5. The van der Waals surface area contributed by atoms with Gasteiger partial charge in [-0.25, -0.2) is 0 Å². The molecule has 0 saturated carbocycles. The summed E-state index contributed by atoms with van der Waals surface area (Å²) in [4.78, 5) is 11.6. The first kappa shape index (κ1) is 13.9. The molecule has 0 aromatic heterocycles. The molecule has 19 heavy (non-hydrogen) atoms. The molecule has 0 radical (unpaired) electrons. The second kappa shape index (κ2) is 6.62. The van der Waals surface area contributed by atoms with E-state index in [1.54, 1.807) is 25.2 Å². The Morgan fingerprint density at radius 2 is 2.26 bits per heavy atom. The van der Waals surface area contributed by atoms with Gasteiger partial charge in [-0.3, -0.25) is 4.79 Å². The third-order valence-electron chi connectivity index (χ3n) is 3.41. The first-order valence-corrected chi connectivity index (χ1v) is 6.99. The minimum absolute atomic E-state index is 0.0969. The molecule has 0 bridgehead atoms. The van der Waals surface area contributed by atoms with Crippen molar-refractivity contribution in [3.05, 3.63) is 40.9 Å². The topological polar surface area (TPSA) is 41.1 Å². The van der Waals surface area contributed by atoms with E-state index in [0.717, 1.165) is 25.1 Å². The van der Waals surface area contributed by atoms with E-state index in [2.05, 4.69) is 22.8 Å². The largest absolute Gasteiger partial charge is 0.384 e. The first-order chi connectivity index (χ1) is 9.20. The molecule has 4 heteroatoms. The standard InChI is InChI=1S/C15H19ClN2O/c1-17-15(19)12-7-8-13(16)14(9-12)18-10-11-5-3-2-4-6-11/h2-3,7-9,11,18H,4-6,10H2,1H3,(H,17,19). The van der Waals surface area contributed by atoms with E-state index in [1.807, 2.05) is 0 Å². The number of rotatable bonds is 4. The Morgan fingerprint density at radius 3 is 2.95 bits per heavy atom. The quantitative estimate of drug-likeness (QED) is 0.828. The van der Waals surface area contributed by atoms with Crippen LogP contribution in [0, 0.1) is 5.92 Å². The van der Waals surface area contributed by atoms with Gasteiger partial charge in [0.05, 0.1) is 10.7 Å². The second-order valence-electron chi connectivity index (χ2n) is 4.81. The number of halogens is 1. The number of hydrogen-bond donors (Lipinski definition) is 2. The molecule has 1 aliphatic rings. The summed E-state index contributed by atoms with van der Waals surface area (Å²) in [5, 5.41) is 6.62. The van der Waals surface area contributed by atoms with Gasteiger partial charge in [0, 0.05) is 19.2 Å². The maximum atomic E-state index is 11.6. The summed E-state index contributed by atoms with van der Waals surface area (Å²) in [6.45, 7) is 0.890. The molecule has 102 valence electrons. The molecule has 1 unspecified atom stereocenters. The molecule has 1 aliphatic carbocycles. The van der Waals surface area contributed by atoms with Crippen LogP contribution in [0.1, 0.15) is 29.6 Å². The van der Waals surface area contributed by atoms with Crippen molar-refractivity contribution in [3.63, 3.8) is 0 Å². The maximum Gasteiger partial charge on any atom is 0.251 e. The fourth-order valence-corrected chi connectivity index (χ4v) is 2.43. The van der Waals surface area contributed by atoms with Crippen molar-refractivity contribution in [2.45, 2.75) is 19.3 Å². The number of anilines is 1. The zero-order valence-corrected chi connectivity index (χ0v) is 11.8. The molecule has 1 aromatic carbocycles. The molecular weight excluding hydrogens is 260 g/mol. The Kier molecular flexibility index (Phi) is 4.86. The van der Waals surface area contributed by atoms with Gasteiger partial charge in [0.15, 0.2) is 0 Å². The fraction of sp³-hybridized carbons (Fsp3) is 0.400. The lowest BCUT2D eigenvalue weighted by atomic mass is 9.94. The number of carbonyl (C=O) groups excluding carboxylic acids is 1. The van der Waals surface area contributed by atoms with Crippen LogP contribution in [0.25, 0.3) is 0 Å². The van der Waals surface area contributed by atoms with Gasteiger partial charge in [-0.2, -0.15) is 0 Å². The molecule has 1 amide bonds. The fourth-order valence-electron chi connectivity index (χ4n) is 2.24. The average molecular weight is 279 g/mol. The molecule has 0 fully saturated rings. The predicted molar refractivity (Wildman–Crippen MR) is 79.8 cm³/mol. The summed E-state index contributed by atoms with van der Waals surface area (Å²) in [7, 11) is 1.62. The van der Waals surface area contributed by atoms with Gasteiger partial charge >= 0.3 is 0 Å². The zero-order valence-electron chi connectivity index (χ0n) is 11.1. The molecule has 1 atom stereocenters. The number of carbonyl (C=O) groups is 1. The van der Waals surface area contributed by atoms with Crippen LogP contribution in [-0.2, 0) is 0 Å². The van der Waals surface area contributed by atoms with Gasteiger partial charge in [-0.15, -0.1) is 0 Å². The highest BCUT2D eigenvalue weighted by Crippen LogP contribution is 2.25. The summed E-state index contributed by atoms with van der Waals surface area (Å²) in [6.07, 6.45) is 7.93. The summed E-state index contributed by atoms with van der Waals surface area (Å²) in [6, 6.07) is 5.30. The van der Waals surface area contributed by atoms with Crippen LogP contribution in [-0.4, -0.2) is 19.5 Å². The number of nitrogens with one attached hydrogen (secondary N) is 2. The minimum atomic E-state index is -0.0969. The van der Waals surface area contributed by atoms with Gasteiger partial charge in [0.2, 0.25) is 0 Å². The lowest BCUT2D eigenvalue weighted by Crippen LogP contribution is -2.19. The molecule has 2 rings (SSSR count). The van der Waals surface area contributed by atoms with E-state index in [0.29, 0.717) is 16.5 Å². The van der Waals surface area contributed by atoms with Crippen LogP contribution in [0.4, 0.5) is 5.69 Å². The van der Waals surface area contributed by atoms with E-state index < -0.39 is 0 Å². The number of benzene rings is 1. The van der Waals surface area contributed by atoms with E-state index in [4.69, 9.17) is 11.6 Å². The van der Waals surface area contributed by atoms with Crippen LogP contribution in [0.5, 0.6) is 0 Å². The molecule has 1 aromatic rings. The van der Waals surface area contributed by atoms with Gasteiger partial charge in [0.25, 0.3) is 5.91 Å². The van der Waals surface area contributed by atoms with Crippen molar-refractivity contribution in [3.8, 4) is 0 Å². The summed E-state index contributed by atoms with van der Waals surface area (Å²) in [5.74, 6) is 0.546. The molecule has 0 heterocycles. The Morgan fingerprint density at radius 1 is 1.42 bits per heavy atom. The first-order valence-electron chi connectivity index (χ1n) is 6.61. The monoisotopic (exact) mass is 278 g/mol. The molecule has 2 N–H and O–H groups in total. The molecule has 0 saturated heterocycles. The third-order valence-corrected chi connectivity index (χ3v) is 3.74. The number of hydrogen-bond acceptors (Lipinski definition) is 2. The van der Waals surface area contributed by atoms with Gasteiger partial charge < -0.3 is 10.6 Å². The van der Waals surface area contributed by atoms with Gasteiger partial charge in [0.1, 0.15) is 0 Å². The van der Waals surface area contributed by atoms with Crippen molar-refractivity contribution in [2.24, 2.45) is 5.92 Å². The molecule has 0 aliphatic heterocycles. The van der Waals surface area contributed by atoms with Crippen LogP contribution in [0.2, 0.25) is 5.02 Å². The van der Waals surface area contributed by atoms with Crippen molar-refractivity contribution < 1.29 is 4.79 Å². The molecule has 0 spiro atoms. The van der Waals surface area contributed by atoms with Gasteiger partial charge in [-0.05, 0) is 43.4 Å². The van der Waals surface area contributed by atoms with E-state index >= 15 is 0 Å². The maximum absolute atomic E-state index is 11.6. The average Bonchev–Trinajstić information content (AvgIpc) is 2.46. The highest BCUT2D eigenvalue weighted by molar-refractivity contribution is 6.33.